The summed E-state index contributed by atoms with van der Waals surface area (Å²) in [4.78, 5) is 0. The Kier molecular flexibility index (Phi) is 3.22. The van der Waals surface area contributed by atoms with Crippen LogP contribution in [-0.4, -0.2) is 13.2 Å². The average Bonchev–Trinajstić information content (AvgIpc) is 2.63. The highest BCUT2D eigenvalue weighted by molar-refractivity contribution is 6.31. The van der Waals surface area contributed by atoms with Crippen LogP contribution in [0.1, 0.15) is 6.42 Å². The van der Waals surface area contributed by atoms with Crippen LogP contribution >= 0.6 is 11.6 Å². The SMILES string of the molecule is Nc1cc(Cl)ccc1-c1ccc2c(c1)OCCCO2. The van der Waals surface area contributed by atoms with Gasteiger partial charge >= 0.3 is 0 Å². The van der Waals surface area contributed by atoms with E-state index in [4.69, 9.17) is 26.8 Å². The first-order valence-corrected chi connectivity index (χ1v) is 6.57. The van der Waals surface area contributed by atoms with Gasteiger partial charge in [-0.1, -0.05) is 23.7 Å². The Labute approximate surface area is 116 Å². The number of fused-ring (bicyclic) bond motifs is 1. The van der Waals surface area contributed by atoms with Crippen LogP contribution < -0.4 is 15.2 Å². The normalized spacial score (nSPS) is 13.9. The molecule has 1 heterocycles. The standard InChI is InChI=1S/C15H14ClNO2/c16-11-3-4-12(13(17)9-11)10-2-5-14-15(8-10)19-7-1-6-18-14/h2-5,8-9H,1,6-7,17H2. The molecule has 0 saturated carbocycles. The molecule has 3 rings (SSSR count). The second-order valence-electron chi connectivity index (χ2n) is 4.44. The van der Waals surface area contributed by atoms with E-state index in [1.807, 2.05) is 30.3 Å². The Morgan fingerprint density at radius 1 is 0.947 bits per heavy atom. The number of nitrogen functional groups attached to an aromatic ring is 1. The zero-order valence-electron chi connectivity index (χ0n) is 10.4. The van der Waals surface area contributed by atoms with Crippen LogP contribution in [0, 0.1) is 0 Å². The van der Waals surface area contributed by atoms with Crippen molar-refractivity contribution in [1.29, 1.82) is 0 Å². The maximum absolute atomic E-state index is 6.00. The molecule has 0 unspecified atom stereocenters. The Morgan fingerprint density at radius 3 is 2.53 bits per heavy atom. The van der Waals surface area contributed by atoms with Gasteiger partial charge in [-0.15, -0.1) is 0 Å². The van der Waals surface area contributed by atoms with E-state index in [-0.39, 0.29) is 0 Å². The number of halogens is 1. The lowest BCUT2D eigenvalue weighted by molar-refractivity contribution is 0.297. The van der Waals surface area contributed by atoms with Gasteiger partial charge in [0.2, 0.25) is 0 Å². The summed E-state index contributed by atoms with van der Waals surface area (Å²) in [5, 5.41) is 0.635. The van der Waals surface area contributed by atoms with E-state index >= 15 is 0 Å². The van der Waals surface area contributed by atoms with E-state index in [0.717, 1.165) is 29.0 Å². The van der Waals surface area contributed by atoms with Gasteiger partial charge in [0.25, 0.3) is 0 Å². The molecule has 4 heteroatoms. The van der Waals surface area contributed by atoms with Crippen LogP contribution in [0.25, 0.3) is 11.1 Å². The third-order valence-corrected chi connectivity index (χ3v) is 3.31. The van der Waals surface area contributed by atoms with Gasteiger partial charge in [-0.3, -0.25) is 0 Å². The maximum Gasteiger partial charge on any atom is 0.161 e. The summed E-state index contributed by atoms with van der Waals surface area (Å²) in [5.41, 5.74) is 8.60. The smallest absolute Gasteiger partial charge is 0.161 e. The lowest BCUT2D eigenvalue weighted by Crippen LogP contribution is -1.97. The number of rotatable bonds is 1. The number of hydrogen-bond donors (Lipinski definition) is 1. The molecule has 0 aliphatic carbocycles. The predicted octanol–water partition coefficient (Wildman–Crippen LogP) is 3.75. The van der Waals surface area contributed by atoms with Crippen molar-refractivity contribution in [2.45, 2.75) is 6.42 Å². The van der Waals surface area contributed by atoms with Crippen molar-refractivity contribution >= 4 is 17.3 Å². The van der Waals surface area contributed by atoms with Crippen LogP contribution in [0.2, 0.25) is 5.02 Å². The van der Waals surface area contributed by atoms with Gasteiger partial charge in [0, 0.05) is 22.7 Å². The molecule has 2 aromatic carbocycles. The second kappa shape index (κ2) is 5.02. The van der Waals surface area contributed by atoms with E-state index in [1.54, 1.807) is 6.07 Å². The quantitative estimate of drug-likeness (QED) is 0.806. The number of anilines is 1. The van der Waals surface area contributed by atoms with E-state index in [0.29, 0.717) is 23.9 Å². The highest BCUT2D eigenvalue weighted by Gasteiger charge is 2.12. The van der Waals surface area contributed by atoms with Gasteiger partial charge in [-0.2, -0.15) is 0 Å². The topological polar surface area (TPSA) is 44.5 Å². The third-order valence-electron chi connectivity index (χ3n) is 3.07. The van der Waals surface area contributed by atoms with Crippen LogP contribution in [0.15, 0.2) is 36.4 Å². The summed E-state index contributed by atoms with van der Waals surface area (Å²) in [6.07, 6.45) is 0.896. The first kappa shape index (κ1) is 12.2. The van der Waals surface area contributed by atoms with Crippen LogP contribution in [0.3, 0.4) is 0 Å². The lowest BCUT2D eigenvalue weighted by atomic mass is 10.0. The summed E-state index contributed by atoms with van der Waals surface area (Å²) < 4.78 is 11.3. The van der Waals surface area contributed by atoms with Crippen molar-refractivity contribution in [3.05, 3.63) is 41.4 Å². The molecule has 0 fully saturated rings. The maximum atomic E-state index is 6.00. The highest BCUT2D eigenvalue weighted by Crippen LogP contribution is 2.36. The molecular weight excluding hydrogens is 262 g/mol. The van der Waals surface area contributed by atoms with E-state index in [2.05, 4.69) is 0 Å². The highest BCUT2D eigenvalue weighted by atomic mass is 35.5. The Hall–Kier alpha value is -1.87. The molecule has 1 aliphatic heterocycles. The molecule has 98 valence electrons. The Bertz CT molecular complexity index is 613. The molecular formula is C15H14ClNO2. The molecule has 19 heavy (non-hydrogen) atoms. The van der Waals surface area contributed by atoms with Gasteiger partial charge in [0.15, 0.2) is 11.5 Å². The van der Waals surface area contributed by atoms with E-state index in [1.165, 1.54) is 0 Å². The minimum atomic E-state index is 0.635. The lowest BCUT2D eigenvalue weighted by Gasteiger charge is -2.11. The zero-order valence-corrected chi connectivity index (χ0v) is 11.1. The molecule has 0 bridgehead atoms. The van der Waals surface area contributed by atoms with Crippen molar-refractivity contribution in [2.75, 3.05) is 18.9 Å². The van der Waals surface area contributed by atoms with E-state index in [9.17, 15) is 0 Å². The third kappa shape index (κ3) is 2.47. The first-order valence-electron chi connectivity index (χ1n) is 6.19. The fourth-order valence-corrected chi connectivity index (χ4v) is 2.31. The Morgan fingerprint density at radius 2 is 1.74 bits per heavy atom. The number of benzene rings is 2. The number of nitrogens with two attached hydrogens (primary N) is 1. The molecule has 3 nitrogen and oxygen atoms in total. The van der Waals surface area contributed by atoms with Gasteiger partial charge in [0.05, 0.1) is 13.2 Å². The molecule has 0 aromatic heterocycles. The van der Waals surface area contributed by atoms with Gasteiger partial charge in [-0.25, -0.2) is 0 Å². The zero-order chi connectivity index (χ0) is 13.2. The van der Waals surface area contributed by atoms with Gasteiger partial charge < -0.3 is 15.2 Å². The minimum absolute atomic E-state index is 0.635. The first-order chi connectivity index (χ1) is 9.24. The molecule has 0 saturated heterocycles. The van der Waals surface area contributed by atoms with E-state index < -0.39 is 0 Å². The molecule has 1 aliphatic rings. The van der Waals surface area contributed by atoms with Crippen molar-refractivity contribution in [2.24, 2.45) is 0 Å². The largest absolute Gasteiger partial charge is 0.490 e. The average molecular weight is 276 g/mol. The molecule has 0 spiro atoms. The molecule has 0 radical (unpaired) electrons. The molecule has 0 amide bonds. The fraction of sp³-hybridized carbons (Fsp3) is 0.200. The molecule has 2 aromatic rings. The summed E-state index contributed by atoms with van der Waals surface area (Å²) in [6, 6.07) is 11.4. The van der Waals surface area contributed by atoms with Crippen LogP contribution in [0.5, 0.6) is 11.5 Å². The fourth-order valence-electron chi connectivity index (χ4n) is 2.13. The van der Waals surface area contributed by atoms with Gasteiger partial charge in [0.1, 0.15) is 0 Å². The minimum Gasteiger partial charge on any atom is -0.490 e. The summed E-state index contributed by atoms with van der Waals surface area (Å²) >= 11 is 5.92. The van der Waals surface area contributed by atoms with Crippen LogP contribution in [0.4, 0.5) is 5.69 Å². The second-order valence-corrected chi connectivity index (χ2v) is 4.88. The number of hydrogen-bond acceptors (Lipinski definition) is 3. The van der Waals surface area contributed by atoms with Crippen LogP contribution in [-0.2, 0) is 0 Å². The van der Waals surface area contributed by atoms with Gasteiger partial charge in [-0.05, 0) is 29.8 Å². The summed E-state index contributed by atoms with van der Waals surface area (Å²) in [5.74, 6) is 1.55. The number of ether oxygens (including phenoxy) is 2. The monoisotopic (exact) mass is 275 g/mol. The van der Waals surface area contributed by atoms with Crippen molar-refractivity contribution in [1.82, 2.24) is 0 Å². The molecule has 0 atom stereocenters. The molecule has 2 N–H and O–H groups in total. The summed E-state index contributed by atoms with van der Waals surface area (Å²) in [6.45, 7) is 1.36. The predicted molar refractivity (Wildman–Crippen MR) is 76.9 cm³/mol. The van der Waals surface area contributed by atoms with Crippen molar-refractivity contribution in [3.63, 3.8) is 0 Å². The Balaban J connectivity index is 2.03. The van der Waals surface area contributed by atoms with Crippen molar-refractivity contribution in [3.8, 4) is 22.6 Å². The summed E-state index contributed by atoms with van der Waals surface area (Å²) in [7, 11) is 0. The van der Waals surface area contributed by atoms with Crippen molar-refractivity contribution < 1.29 is 9.47 Å².